The van der Waals surface area contributed by atoms with Gasteiger partial charge in [0.05, 0.1) is 6.61 Å². The van der Waals surface area contributed by atoms with Crippen LogP contribution >= 0.6 is 0 Å². The first-order valence-corrected chi connectivity index (χ1v) is 13.4. The lowest BCUT2D eigenvalue weighted by atomic mass is 9.99. The van der Waals surface area contributed by atoms with E-state index in [9.17, 15) is 14.7 Å². The summed E-state index contributed by atoms with van der Waals surface area (Å²) in [5, 5.41) is 9.76. The Labute approximate surface area is 250 Å². The number of hydrogen-bond acceptors (Lipinski definition) is 8. The summed E-state index contributed by atoms with van der Waals surface area (Å²) in [5.41, 5.74) is 3.16. The van der Waals surface area contributed by atoms with Crippen LogP contribution in [-0.2, 0) is 19.1 Å². The predicted molar refractivity (Wildman–Crippen MR) is 161 cm³/mol. The van der Waals surface area contributed by atoms with Crippen molar-refractivity contribution < 1.29 is 42.8 Å². The highest BCUT2D eigenvalue weighted by molar-refractivity contribution is 5.89. The average Bonchev–Trinajstić information content (AvgIpc) is 2.97. The van der Waals surface area contributed by atoms with Gasteiger partial charge in [0.25, 0.3) is 0 Å². The molecule has 9 heteroatoms. The Morgan fingerprint density at radius 3 is 1.86 bits per heavy atom. The summed E-state index contributed by atoms with van der Waals surface area (Å²) in [7, 11) is 0. The predicted octanol–water partition coefficient (Wildman–Crippen LogP) is 6.43. The van der Waals surface area contributed by atoms with Gasteiger partial charge in [0.15, 0.2) is 6.29 Å². The third-order valence-corrected chi connectivity index (χ3v) is 5.89. The number of benzene rings is 3. The molecular weight excluding hydrogens is 555 g/mol. The second-order valence-corrected chi connectivity index (χ2v) is 9.76. The van der Waals surface area contributed by atoms with Gasteiger partial charge in [-0.3, -0.25) is 0 Å². The van der Waals surface area contributed by atoms with E-state index >= 15 is 4.39 Å². The number of esters is 2. The maximum atomic E-state index is 15.4. The lowest BCUT2D eigenvalue weighted by molar-refractivity contribution is -0.139. The van der Waals surface area contributed by atoms with Gasteiger partial charge in [-0.2, -0.15) is 0 Å². The topological polar surface area (TPSA) is 101 Å². The molecule has 0 aliphatic heterocycles. The first-order chi connectivity index (χ1) is 20.4. The highest BCUT2D eigenvalue weighted by Gasteiger charge is 2.13. The molecular formula is C34H35FO8. The molecule has 0 aliphatic rings. The van der Waals surface area contributed by atoms with Gasteiger partial charge >= 0.3 is 11.9 Å². The Bertz CT molecular complexity index is 1490. The largest absolute Gasteiger partial charge is 0.491 e. The number of carbonyl (C=O) groups is 2. The summed E-state index contributed by atoms with van der Waals surface area (Å²) in [4.78, 5) is 23.4. The van der Waals surface area contributed by atoms with Gasteiger partial charge in [0.1, 0.15) is 42.9 Å². The van der Waals surface area contributed by atoms with Crippen LogP contribution in [0.2, 0.25) is 0 Å². The summed E-state index contributed by atoms with van der Waals surface area (Å²) >= 11 is 0. The van der Waals surface area contributed by atoms with Crippen molar-refractivity contribution in [3.63, 3.8) is 0 Å². The fourth-order valence-electron chi connectivity index (χ4n) is 3.61. The van der Waals surface area contributed by atoms with Crippen LogP contribution in [0.4, 0.5) is 4.39 Å². The highest BCUT2D eigenvalue weighted by Crippen LogP contribution is 2.33. The molecule has 0 fully saturated rings. The maximum absolute atomic E-state index is 15.4. The number of aliphatic hydroxyl groups is 1. The molecule has 0 aromatic heterocycles. The molecule has 0 amide bonds. The molecule has 0 aliphatic carbocycles. The van der Waals surface area contributed by atoms with Crippen LogP contribution in [-0.4, -0.2) is 49.8 Å². The highest BCUT2D eigenvalue weighted by atomic mass is 19.1. The Balaban J connectivity index is 1.79. The Hall–Kier alpha value is -4.73. The van der Waals surface area contributed by atoms with Gasteiger partial charge in [-0.1, -0.05) is 44.0 Å². The molecule has 1 N–H and O–H groups in total. The first-order valence-electron chi connectivity index (χ1n) is 13.4. The minimum atomic E-state index is -1.10. The summed E-state index contributed by atoms with van der Waals surface area (Å²) in [6, 6.07) is 16.4. The van der Waals surface area contributed by atoms with Crippen molar-refractivity contribution in [2.24, 2.45) is 0 Å². The summed E-state index contributed by atoms with van der Waals surface area (Å²) in [6.07, 6.45) is -1.10. The zero-order valence-corrected chi connectivity index (χ0v) is 24.5. The van der Waals surface area contributed by atoms with E-state index in [0.29, 0.717) is 45.1 Å². The number of halogens is 1. The lowest BCUT2D eigenvalue weighted by Crippen LogP contribution is -2.17. The van der Waals surface area contributed by atoms with E-state index in [2.05, 4.69) is 19.7 Å². The third kappa shape index (κ3) is 9.95. The lowest BCUT2D eigenvalue weighted by Gasteiger charge is -2.15. The molecule has 226 valence electrons. The van der Waals surface area contributed by atoms with Crippen molar-refractivity contribution in [2.45, 2.75) is 27.1 Å². The van der Waals surface area contributed by atoms with Gasteiger partial charge < -0.3 is 28.8 Å². The second kappa shape index (κ2) is 15.5. The zero-order chi connectivity index (χ0) is 31.5. The molecule has 0 saturated heterocycles. The van der Waals surface area contributed by atoms with E-state index in [-0.39, 0.29) is 37.6 Å². The van der Waals surface area contributed by atoms with Gasteiger partial charge in [-0.05, 0) is 73.4 Å². The van der Waals surface area contributed by atoms with Crippen LogP contribution in [0.5, 0.6) is 17.2 Å². The fourth-order valence-corrected chi connectivity index (χ4v) is 3.61. The van der Waals surface area contributed by atoms with Gasteiger partial charge in [-0.15, -0.1) is 0 Å². The Kier molecular flexibility index (Phi) is 11.8. The molecule has 1 atom stereocenters. The molecule has 3 rings (SSSR count). The van der Waals surface area contributed by atoms with E-state index in [1.807, 2.05) is 0 Å². The van der Waals surface area contributed by atoms with Crippen LogP contribution in [0.15, 0.2) is 97.1 Å². The van der Waals surface area contributed by atoms with E-state index in [1.54, 1.807) is 75.4 Å². The zero-order valence-electron chi connectivity index (χ0n) is 24.5. The molecule has 8 nitrogen and oxygen atoms in total. The summed E-state index contributed by atoms with van der Waals surface area (Å²) in [5.74, 6) is -0.367. The average molecular weight is 591 g/mol. The van der Waals surface area contributed by atoms with Crippen LogP contribution < -0.4 is 14.2 Å². The summed E-state index contributed by atoms with van der Waals surface area (Å²) < 4.78 is 42.5. The molecule has 3 aromatic rings. The SMILES string of the molecule is C=C(C)C(=O)OCCOc1cc(OCCOC(O)C(=C)C)cc(-c2ccc(-c3ccc(OC(=O)C(=C)C)cc3)c(F)c2)c1. The first kappa shape index (κ1) is 32.8. The van der Waals surface area contributed by atoms with E-state index in [0.717, 1.165) is 0 Å². The van der Waals surface area contributed by atoms with Crippen molar-refractivity contribution in [2.75, 3.05) is 26.4 Å². The van der Waals surface area contributed by atoms with Crippen LogP contribution in [0.3, 0.4) is 0 Å². The van der Waals surface area contributed by atoms with Crippen molar-refractivity contribution in [1.82, 2.24) is 0 Å². The maximum Gasteiger partial charge on any atom is 0.338 e. The Morgan fingerprint density at radius 1 is 0.721 bits per heavy atom. The van der Waals surface area contributed by atoms with Gasteiger partial charge in [0.2, 0.25) is 0 Å². The Morgan fingerprint density at radius 2 is 1.30 bits per heavy atom. The number of rotatable bonds is 15. The van der Waals surface area contributed by atoms with E-state index in [4.69, 9.17) is 23.7 Å². The molecule has 0 saturated carbocycles. The van der Waals surface area contributed by atoms with Crippen LogP contribution in [0, 0.1) is 5.82 Å². The van der Waals surface area contributed by atoms with E-state index in [1.165, 1.54) is 6.07 Å². The van der Waals surface area contributed by atoms with Crippen molar-refractivity contribution >= 4 is 11.9 Å². The molecule has 0 heterocycles. The number of hydrogen-bond donors (Lipinski definition) is 1. The van der Waals surface area contributed by atoms with Crippen LogP contribution in [0.25, 0.3) is 22.3 Å². The van der Waals surface area contributed by atoms with Crippen molar-refractivity contribution in [3.8, 4) is 39.5 Å². The van der Waals surface area contributed by atoms with Crippen molar-refractivity contribution in [3.05, 3.63) is 103 Å². The third-order valence-electron chi connectivity index (χ3n) is 5.89. The fraction of sp³-hybridized carbons (Fsp3) is 0.235. The standard InChI is InChI=1S/C34H35FO8/c1-21(2)32(36)41-15-13-39-28-17-26(18-29(20-28)40-14-16-42-33(37)22(3)4)25-9-12-30(31(35)19-25)24-7-10-27(11-8-24)43-34(38)23(5)6/h7-12,17-20,32,36H,1,3,5,13-16H2,2,4,6H3. The van der Waals surface area contributed by atoms with Gasteiger partial charge in [0, 0.05) is 22.8 Å². The molecule has 3 aromatic carbocycles. The van der Waals surface area contributed by atoms with Gasteiger partial charge in [-0.25, -0.2) is 14.0 Å². The molecule has 0 spiro atoms. The minimum Gasteiger partial charge on any atom is -0.491 e. The number of aliphatic hydroxyl groups excluding tert-OH is 1. The quantitative estimate of drug-likeness (QED) is 0.0540. The molecule has 0 radical (unpaired) electrons. The second-order valence-electron chi connectivity index (χ2n) is 9.76. The normalized spacial score (nSPS) is 11.3. The van der Waals surface area contributed by atoms with E-state index < -0.39 is 24.0 Å². The number of carbonyl (C=O) groups excluding carboxylic acids is 2. The molecule has 43 heavy (non-hydrogen) atoms. The molecule has 1 unspecified atom stereocenters. The number of ether oxygens (including phenoxy) is 5. The van der Waals surface area contributed by atoms with Crippen molar-refractivity contribution in [1.29, 1.82) is 0 Å². The smallest absolute Gasteiger partial charge is 0.338 e. The molecule has 0 bridgehead atoms. The monoisotopic (exact) mass is 590 g/mol. The summed E-state index contributed by atoms with van der Waals surface area (Å²) in [6.45, 7) is 15.8. The van der Waals surface area contributed by atoms with Crippen LogP contribution in [0.1, 0.15) is 20.8 Å². The minimum absolute atomic E-state index is 0.00720.